The number of piperidine rings is 1. The summed E-state index contributed by atoms with van der Waals surface area (Å²) in [6, 6.07) is 6.16. The maximum absolute atomic E-state index is 6.61. The van der Waals surface area contributed by atoms with E-state index >= 15 is 0 Å². The lowest BCUT2D eigenvalue weighted by molar-refractivity contribution is 0.230. The van der Waals surface area contributed by atoms with E-state index in [9.17, 15) is 0 Å². The lowest BCUT2D eigenvalue weighted by atomic mass is 9.76. The van der Waals surface area contributed by atoms with Gasteiger partial charge >= 0.3 is 0 Å². The molecule has 6 rings (SSSR count). The predicted octanol–water partition coefficient (Wildman–Crippen LogP) is 4.05. The molecular weight excluding hydrogens is 487 g/mol. The summed E-state index contributed by atoms with van der Waals surface area (Å²) >= 11 is 8.12. The van der Waals surface area contributed by atoms with Gasteiger partial charge in [0.2, 0.25) is 5.95 Å². The summed E-state index contributed by atoms with van der Waals surface area (Å²) in [7, 11) is 11.3. The standard InChI is InChI=1S/C25H24B2ClN7S/c1-15-20(36-18-4-8-30-21(19(18)28)33-23(26)27)22-31-9-12-35(22)24(32-15)34-10-5-25(6-11-34)13-16-3-2-7-29-17(16)14-25/h2-4,7-9,12,23H,5-6,10-11,13-14H2,1H3,(H,30,33). The molecule has 0 bridgehead atoms. The van der Waals surface area contributed by atoms with Crippen molar-refractivity contribution in [1.29, 1.82) is 0 Å². The van der Waals surface area contributed by atoms with Crippen LogP contribution in [0.3, 0.4) is 0 Å². The predicted molar refractivity (Wildman–Crippen MR) is 146 cm³/mol. The number of halogens is 1. The fraction of sp³-hybridized carbons (Fsp3) is 0.360. The number of fused-ring (bicyclic) bond motifs is 2. The minimum Gasteiger partial charge on any atom is -0.383 e. The first-order valence-electron chi connectivity index (χ1n) is 12.0. The fourth-order valence-electron chi connectivity index (χ4n) is 5.41. The van der Waals surface area contributed by atoms with Gasteiger partial charge in [-0.15, -0.1) is 0 Å². The lowest BCUT2D eigenvalue weighted by Gasteiger charge is -2.40. The number of anilines is 2. The smallest absolute Gasteiger partial charge is 0.211 e. The van der Waals surface area contributed by atoms with Gasteiger partial charge in [0.05, 0.1) is 31.3 Å². The van der Waals surface area contributed by atoms with Gasteiger partial charge in [-0.1, -0.05) is 29.4 Å². The molecule has 4 aromatic rings. The number of imidazole rings is 1. The van der Waals surface area contributed by atoms with E-state index in [0.717, 1.165) is 65.9 Å². The summed E-state index contributed by atoms with van der Waals surface area (Å²) in [5.74, 6) is 0.630. The average molecular weight is 512 g/mol. The van der Waals surface area contributed by atoms with Gasteiger partial charge in [0.15, 0.2) is 5.65 Å². The molecule has 0 saturated carbocycles. The second-order valence-electron chi connectivity index (χ2n) is 9.64. The molecule has 4 aromatic heterocycles. The van der Waals surface area contributed by atoms with Gasteiger partial charge in [0.1, 0.15) is 5.82 Å². The Labute approximate surface area is 222 Å². The number of hydrogen-bond donors (Lipinski definition) is 1. The highest BCUT2D eigenvalue weighted by atomic mass is 35.5. The summed E-state index contributed by atoms with van der Waals surface area (Å²) in [6.45, 7) is 3.95. The Morgan fingerprint density at radius 1 is 1.08 bits per heavy atom. The van der Waals surface area contributed by atoms with Crippen LogP contribution in [0.2, 0.25) is 5.02 Å². The van der Waals surface area contributed by atoms with Crippen LogP contribution in [-0.2, 0) is 12.8 Å². The molecule has 2 aliphatic rings. The van der Waals surface area contributed by atoms with Crippen molar-refractivity contribution in [2.45, 2.75) is 48.2 Å². The zero-order valence-corrected chi connectivity index (χ0v) is 21.6. The highest BCUT2D eigenvalue weighted by Crippen LogP contribution is 2.45. The van der Waals surface area contributed by atoms with E-state index < -0.39 is 5.84 Å². The molecule has 1 N–H and O–H groups in total. The molecule has 0 amide bonds. The van der Waals surface area contributed by atoms with Gasteiger partial charge in [-0.3, -0.25) is 9.38 Å². The molecule has 178 valence electrons. The van der Waals surface area contributed by atoms with Gasteiger partial charge in [-0.25, -0.2) is 15.0 Å². The third kappa shape index (κ3) is 4.24. The third-order valence-electron chi connectivity index (χ3n) is 7.22. The molecular formula is C25H24B2ClN7S. The van der Waals surface area contributed by atoms with Crippen LogP contribution in [-0.4, -0.2) is 59.0 Å². The molecule has 7 nitrogen and oxygen atoms in total. The maximum atomic E-state index is 6.61. The highest BCUT2D eigenvalue weighted by Gasteiger charge is 2.41. The molecule has 1 spiro atoms. The van der Waals surface area contributed by atoms with Crippen molar-refractivity contribution in [2.24, 2.45) is 5.41 Å². The SMILES string of the molecule is [B]C([B])Nc1nccc(Sc2c(C)nc(N3CCC4(CC3)Cc3cccnc3C4)n3ccnc23)c1Cl. The summed E-state index contributed by atoms with van der Waals surface area (Å²) in [5.41, 5.74) is 4.78. The van der Waals surface area contributed by atoms with Gasteiger partial charge in [0.25, 0.3) is 0 Å². The lowest BCUT2D eigenvalue weighted by Crippen LogP contribution is -2.42. The number of hydrogen-bond acceptors (Lipinski definition) is 7. The quantitative estimate of drug-likeness (QED) is 0.406. The van der Waals surface area contributed by atoms with Crippen LogP contribution in [0.15, 0.2) is 52.8 Å². The Morgan fingerprint density at radius 3 is 2.69 bits per heavy atom. The van der Waals surface area contributed by atoms with Gasteiger partial charge in [-0.2, -0.15) is 0 Å². The van der Waals surface area contributed by atoms with E-state index in [2.05, 4.69) is 41.7 Å². The largest absolute Gasteiger partial charge is 0.383 e. The number of nitrogens with zero attached hydrogens (tertiary/aromatic N) is 6. The normalized spacial score (nSPS) is 16.7. The van der Waals surface area contributed by atoms with Crippen LogP contribution < -0.4 is 10.2 Å². The van der Waals surface area contributed by atoms with Gasteiger partial charge < -0.3 is 10.2 Å². The van der Waals surface area contributed by atoms with Gasteiger partial charge in [0, 0.05) is 48.5 Å². The number of pyridine rings is 2. The second kappa shape index (κ2) is 9.30. The van der Waals surface area contributed by atoms with E-state index in [1.807, 2.05) is 31.6 Å². The maximum Gasteiger partial charge on any atom is 0.211 e. The molecule has 0 unspecified atom stereocenters. The minimum atomic E-state index is -0.754. The van der Waals surface area contributed by atoms with Crippen LogP contribution in [0, 0.1) is 12.3 Å². The van der Waals surface area contributed by atoms with E-state index in [4.69, 9.17) is 32.3 Å². The van der Waals surface area contributed by atoms with Crippen molar-refractivity contribution in [1.82, 2.24) is 24.3 Å². The van der Waals surface area contributed by atoms with Crippen molar-refractivity contribution in [3.05, 3.63) is 65.0 Å². The number of rotatable bonds is 5. The van der Waals surface area contributed by atoms with E-state index in [1.165, 1.54) is 23.0 Å². The first kappa shape index (κ1) is 23.7. The summed E-state index contributed by atoms with van der Waals surface area (Å²) in [6.07, 6.45) is 11.9. The molecule has 5 heterocycles. The molecule has 0 aromatic carbocycles. The van der Waals surface area contributed by atoms with E-state index in [0.29, 0.717) is 16.3 Å². The molecule has 11 heteroatoms. The zero-order chi connectivity index (χ0) is 24.9. The molecule has 1 fully saturated rings. The van der Waals surface area contributed by atoms with Crippen molar-refractivity contribution < 1.29 is 0 Å². The van der Waals surface area contributed by atoms with Crippen LogP contribution in [0.4, 0.5) is 11.8 Å². The van der Waals surface area contributed by atoms with Crippen LogP contribution in [0.25, 0.3) is 5.65 Å². The third-order valence-corrected chi connectivity index (χ3v) is 8.96. The van der Waals surface area contributed by atoms with E-state index in [1.54, 1.807) is 6.20 Å². The summed E-state index contributed by atoms with van der Waals surface area (Å²) in [5, 5.41) is 3.34. The number of aromatic nitrogens is 5. The van der Waals surface area contributed by atoms with Crippen LogP contribution in [0.5, 0.6) is 0 Å². The summed E-state index contributed by atoms with van der Waals surface area (Å²) < 4.78 is 2.09. The van der Waals surface area contributed by atoms with E-state index in [-0.39, 0.29) is 0 Å². The topological polar surface area (TPSA) is 71.2 Å². The Balaban J connectivity index is 1.26. The zero-order valence-electron chi connectivity index (χ0n) is 20.0. The Kier molecular flexibility index (Phi) is 6.12. The van der Waals surface area contributed by atoms with Crippen LogP contribution >= 0.6 is 23.4 Å². The first-order chi connectivity index (χ1) is 17.4. The fourth-order valence-corrected chi connectivity index (χ4v) is 6.67. The second-order valence-corrected chi connectivity index (χ2v) is 11.1. The average Bonchev–Trinajstić information content (AvgIpc) is 3.48. The first-order valence-corrected chi connectivity index (χ1v) is 13.2. The van der Waals surface area contributed by atoms with Crippen molar-refractivity contribution >= 4 is 56.5 Å². The highest BCUT2D eigenvalue weighted by molar-refractivity contribution is 7.99. The van der Waals surface area contributed by atoms with Crippen LogP contribution in [0.1, 0.15) is 29.8 Å². The monoisotopic (exact) mass is 511 g/mol. The van der Waals surface area contributed by atoms with Crippen molar-refractivity contribution in [3.8, 4) is 0 Å². The molecule has 36 heavy (non-hydrogen) atoms. The van der Waals surface area contributed by atoms with Crippen molar-refractivity contribution in [3.63, 3.8) is 0 Å². The number of aryl methyl sites for hydroxylation is 1. The Hall–Kier alpha value is -2.71. The molecule has 1 aliphatic carbocycles. The summed E-state index contributed by atoms with van der Waals surface area (Å²) in [4.78, 5) is 22.8. The number of nitrogens with one attached hydrogen (secondary N) is 1. The molecule has 1 aliphatic heterocycles. The molecule has 1 saturated heterocycles. The molecule has 4 radical (unpaired) electrons. The molecule has 0 atom stereocenters. The Morgan fingerprint density at radius 2 is 1.92 bits per heavy atom. The van der Waals surface area contributed by atoms with Gasteiger partial charge in [-0.05, 0) is 61.6 Å². The van der Waals surface area contributed by atoms with Crippen molar-refractivity contribution in [2.75, 3.05) is 23.3 Å². The minimum absolute atomic E-state index is 0.321. The Bertz CT molecular complexity index is 1410.